The molecule has 3 heterocycles. The Morgan fingerprint density at radius 2 is 1.78 bits per heavy atom. The zero-order valence-corrected chi connectivity index (χ0v) is 22.8. The number of unbranched alkanes of at least 4 members (excludes halogenated alkanes) is 1. The number of para-hydroxylation sites is 1. The van der Waals surface area contributed by atoms with Gasteiger partial charge in [-0.3, -0.25) is 0 Å². The molecule has 6 rings (SSSR count). The molecule has 2 aromatic heterocycles. The van der Waals surface area contributed by atoms with Crippen LogP contribution in [0, 0.1) is 19.1 Å². The Balaban J connectivity index is 0.000000187. The van der Waals surface area contributed by atoms with E-state index in [0.29, 0.717) is 0 Å². The van der Waals surface area contributed by atoms with Crippen molar-refractivity contribution in [3.63, 3.8) is 0 Å². The number of rotatable bonds is 5. The standard InChI is InChI=1S/C19H17N2O.C12H10N.Ir/c1-2-3-11-20-12-13-21(14-20)17-9-6-8-16-15-7-4-5-10-18(15)22-19(16)17;1-10-7-8-12(13-9-10)11-5-3-2-4-6-11;/h4-8,10,12-13H,2-3,11H2,1H3;2-5,7-9H,1H3;/q+1;-1;. The predicted molar refractivity (Wildman–Crippen MR) is 140 cm³/mol. The van der Waals surface area contributed by atoms with Crippen LogP contribution in [0.1, 0.15) is 25.3 Å². The molecule has 0 spiro atoms. The zero-order valence-electron chi connectivity index (χ0n) is 20.4. The first kappa shape index (κ1) is 25.5. The molecule has 0 amide bonds. The predicted octanol–water partition coefficient (Wildman–Crippen LogP) is 7.36. The van der Waals surface area contributed by atoms with Gasteiger partial charge >= 0.3 is 6.01 Å². The molecule has 1 radical (unpaired) electrons. The first-order valence-electron chi connectivity index (χ1n) is 11.9. The van der Waals surface area contributed by atoms with Crippen molar-refractivity contribution in [1.82, 2.24) is 4.98 Å². The maximum atomic E-state index is 6.05. The van der Waals surface area contributed by atoms with Gasteiger partial charge in [-0.1, -0.05) is 58.2 Å². The minimum absolute atomic E-state index is 0. The van der Waals surface area contributed by atoms with Crippen LogP contribution in [0.15, 0.2) is 95.8 Å². The van der Waals surface area contributed by atoms with Gasteiger partial charge in [0.05, 0.1) is 5.58 Å². The van der Waals surface area contributed by atoms with Crippen molar-refractivity contribution in [2.75, 3.05) is 6.54 Å². The van der Waals surface area contributed by atoms with Crippen molar-refractivity contribution in [3.8, 4) is 11.3 Å². The molecular weight excluding hydrogens is 623 g/mol. The smallest absolute Gasteiger partial charge is 0.493 e. The minimum atomic E-state index is 0. The van der Waals surface area contributed by atoms with Crippen LogP contribution in [0.5, 0.6) is 0 Å². The SMILES string of the molecule is CCCC[N+]1=C=[N+](c2[c-]ccc3c2oc2ccccc23)C=C1.Cc1ccc(-c2[c-]cccc2)nc1.[Ir]. The van der Waals surface area contributed by atoms with Gasteiger partial charge in [-0.15, -0.1) is 42.0 Å². The minimum Gasteiger partial charge on any atom is -0.509 e. The van der Waals surface area contributed by atoms with Crippen LogP contribution in [0.2, 0.25) is 0 Å². The molecule has 36 heavy (non-hydrogen) atoms. The van der Waals surface area contributed by atoms with E-state index in [1.807, 2.05) is 84.7 Å². The van der Waals surface area contributed by atoms with Crippen molar-refractivity contribution >= 4 is 33.6 Å². The van der Waals surface area contributed by atoms with Crippen molar-refractivity contribution in [1.29, 1.82) is 0 Å². The van der Waals surface area contributed by atoms with Gasteiger partial charge in [-0.2, -0.15) is 12.1 Å². The molecule has 0 saturated carbocycles. The summed E-state index contributed by atoms with van der Waals surface area (Å²) in [5, 5.41) is 2.25. The topological polar surface area (TPSA) is 32.0 Å². The van der Waals surface area contributed by atoms with Gasteiger partial charge in [-0.05, 0) is 24.2 Å². The molecule has 0 atom stereocenters. The summed E-state index contributed by atoms with van der Waals surface area (Å²) >= 11 is 0. The Morgan fingerprint density at radius 3 is 2.56 bits per heavy atom. The molecular formula is C31H27IrN3O. The third-order valence-electron chi connectivity index (χ3n) is 5.84. The summed E-state index contributed by atoms with van der Waals surface area (Å²) in [6.07, 6.45) is 8.26. The average Bonchev–Trinajstić information content (AvgIpc) is 3.53. The third-order valence-corrected chi connectivity index (χ3v) is 5.84. The first-order chi connectivity index (χ1) is 17.2. The van der Waals surface area contributed by atoms with Crippen LogP contribution in [0.25, 0.3) is 33.2 Å². The number of hydrogen-bond donors (Lipinski definition) is 0. The van der Waals surface area contributed by atoms with Crippen molar-refractivity contribution in [3.05, 3.63) is 109 Å². The van der Waals surface area contributed by atoms with Gasteiger partial charge < -0.3 is 9.40 Å². The summed E-state index contributed by atoms with van der Waals surface area (Å²) < 4.78 is 10.1. The molecule has 0 N–H and O–H groups in total. The van der Waals surface area contributed by atoms with Crippen molar-refractivity contribution in [2.45, 2.75) is 26.7 Å². The number of fused-ring (bicyclic) bond motifs is 3. The summed E-state index contributed by atoms with van der Waals surface area (Å²) in [6.45, 7) is 5.21. The summed E-state index contributed by atoms with van der Waals surface area (Å²) in [4.78, 5) is 4.32. The van der Waals surface area contributed by atoms with Crippen LogP contribution in [-0.4, -0.2) is 26.7 Å². The Bertz CT molecular complexity index is 1560. The fourth-order valence-electron chi connectivity index (χ4n) is 3.96. The average molecular weight is 650 g/mol. The number of pyridine rings is 1. The monoisotopic (exact) mass is 650 g/mol. The number of hydrogen-bond acceptors (Lipinski definition) is 2. The van der Waals surface area contributed by atoms with Crippen LogP contribution in [0.4, 0.5) is 5.69 Å². The van der Waals surface area contributed by atoms with Crippen molar-refractivity contribution in [2.24, 2.45) is 0 Å². The largest absolute Gasteiger partial charge is 0.509 e. The Morgan fingerprint density at radius 1 is 0.917 bits per heavy atom. The molecule has 5 heteroatoms. The van der Waals surface area contributed by atoms with Crippen LogP contribution >= 0.6 is 0 Å². The molecule has 0 aliphatic carbocycles. The van der Waals surface area contributed by atoms with E-state index in [0.717, 1.165) is 51.8 Å². The number of nitrogens with zero attached hydrogens (tertiary/aromatic N) is 3. The molecule has 5 aromatic rings. The molecule has 181 valence electrons. The Kier molecular flexibility index (Phi) is 8.40. The number of furan rings is 1. The summed E-state index contributed by atoms with van der Waals surface area (Å²) in [5.41, 5.74) is 5.87. The number of aryl methyl sites for hydroxylation is 1. The van der Waals surface area contributed by atoms with E-state index in [4.69, 9.17) is 4.42 Å². The first-order valence-corrected chi connectivity index (χ1v) is 11.9. The molecule has 0 saturated heterocycles. The maximum Gasteiger partial charge on any atom is 0.493 e. The third kappa shape index (κ3) is 5.61. The van der Waals surface area contributed by atoms with E-state index in [9.17, 15) is 0 Å². The molecule has 1 aliphatic heterocycles. The van der Waals surface area contributed by atoms with Gasteiger partial charge in [0.15, 0.2) is 12.2 Å². The Hall–Kier alpha value is -3.62. The molecule has 0 unspecified atom stereocenters. The van der Waals surface area contributed by atoms with Gasteiger partial charge in [0.1, 0.15) is 5.58 Å². The molecule has 0 bridgehead atoms. The van der Waals surface area contributed by atoms with Gasteiger partial charge in [-0.25, -0.2) is 0 Å². The quantitative estimate of drug-likeness (QED) is 0.147. The molecule has 3 aromatic carbocycles. The number of benzene rings is 3. The van der Waals surface area contributed by atoms with Crippen LogP contribution < -0.4 is 0 Å². The fraction of sp³-hybridized carbons (Fsp3) is 0.161. The second-order valence-electron chi connectivity index (χ2n) is 8.48. The van der Waals surface area contributed by atoms with Gasteiger partial charge in [0.2, 0.25) is 6.20 Å². The summed E-state index contributed by atoms with van der Waals surface area (Å²) in [5.74, 6) is 0. The van der Waals surface area contributed by atoms with E-state index in [1.165, 1.54) is 12.0 Å². The van der Waals surface area contributed by atoms with Crippen molar-refractivity contribution < 1.29 is 33.7 Å². The second kappa shape index (κ2) is 11.9. The van der Waals surface area contributed by atoms with Gasteiger partial charge in [0.25, 0.3) is 6.20 Å². The second-order valence-corrected chi connectivity index (χ2v) is 8.48. The number of aromatic nitrogens is 1. The van der Waals surface area contributed by atoms with E-state index >= 15 is 0 Å². The van der Waals surface area contributed by atoms with E-state index in [1.54, 1.807) is 0 Å². The molecule has 0 fully saturated rings. The molecule has 1 aliphatic rings. The van der Waals surface area contributed by atoms with E-state index in [2.05, 4.69) is 52.8 Å². The summed E-state index contributed by atoms with van der Waals surface area (Å²) in [6, 6.07) is 33.8. The zero-order chi connectivity index (χ0) is 24.0. The molecule has 4 nitrogen and oxygen atoms in total. The Labute approximate surface area is 225 Å². The fourth-order valence-corrected chi connectivity index (χ4v) is 3.96. The summed E-state index contributed by atoms with van der Waals surface area (Å²) in [7, 11) is 0. The van der Waals surface area contributed by atoms with Gasteiger partial charge in [0, 0.05) is 38.1 Å². The van der Waals surface area contributed by atoms with E-state index < -0.39 is 0 Å². The maximum absolute atomic E-state index is 6.05. The van der Waals surface area contributed by atoms with E-state index in [-0.39, 0.29) is 20.1 Å². The van der Waals surface area contributed by atoms with Crippen LogP contribution in [-0.2, 0) is 20.1 Å². The van der Waals surface area contributed by atoms with Crippen LogP contribution in [0.3, 0.4) is 0 Å². The normalized spacial score (nSPS) is 12.1.